The highest BCUT2D eigenvalue weighted by atomic mass is 16.5. The van der Waals surface area contributed by atoms with Crippen molar-refractivity contribution in [1.82, 2.24) is 0 Å². The van der Waals surface area contributed by atoms with Crippen molar-refractivity contribution >= 4 is 23.2 Å². The second kappa shape index (κ2) is 5.58. The highest BCUT2D eigenvalue weighted by molar-refractivity contribution is 5.97. The summed E-state index contributed by atoms with van der Waals surface area (Å²) in [7, 11) is 0. The number of morpholine rings is 1. The van der Waals surface area contributed by atoms with Gasteiger partial charge < -0.3 is 14.5 Å². The van der Waals surface area contributed by atoms with E-state index in [0.29, 0.717) is 26.1 Å². The van der Waals surface area contributed by atoms with E-state index in [1.54, 1.807) is 9.80 Å². The fourth-order valence-electron chi connectivity index (χ4n) is 2.67. The summed E-state index contributed by atoms with van der Waals surface area (Å²) in [6.45, 7) is 1.78. The first-order chi connectivity index (χ1) is 10.2. The van der Waals surface area contributed by atoms with Crippen molar-refractivity contribution in [2.75, 3.05) is 36.1 Å². The van der Waals surface area contributed by atoms with Crippen LogP contribution in [0.5, 0.6) is 0 Å². The molecule has 2 heterocycles. The zero-order valence-corrected chi connectivity index (χ0v) is 11.6. The molecule has 1 unspecified atom stereocenters. The molecule has 0 aliphatic carbocycles. The van der Waals surface area contributed by atoms with Crippen LogP contribution in [0, 0.1) is 18.3 Å². The number of nitrogens with zero attached hydrogens (tertiary/aromatic N) is 2. The predicted molar refractivity (Wildman–Crippen MR) is 78.9 cm³/mol. The second-order valence-corrected chi connectivity index (χ2v) is 5.19. The van der Waals surface area contributed by atoms with Crippen LogP contribution in [0.15, 0.2) is 24.3 Å². The molecule has 1 atom stereocenters. The Morgan fingerprint density at radius 2 is 1.76 bits per heavy atom. The summed E-state index contributed by atoms with van der Waals surface area (Å²) >= 11 is 0. The molecule has 0 spiro atoms. The van der Waals surface area contributed by atoms with E-state index in [9.17, 15) is 9.59 Å². The molecule has 2 fully saturated rings. The van der Waals surface area contributed by atoms with E-state index in [1.165, 1.54) is 0 Å². The van der Waals surface area contributed by atoms with Gasteiger partial charge in [-0.05, 0) is 24.3 Å². The Kier molecular flexibility index (Phi) is 3.63. The highest BCUT2D eigenvalue weighted by Gasteiger charge is 2.29. The smallest absolute Gasteiger partial charge is 0.253 e. The lowest BCUT2D eigenvalue weighted by molar-refractivity contribution is -0.125. The predicted octanol–water partition coefficient (Wildman–Crippen LogP) is 1.04. The van der Waals surface area contributed by atoms with Crippen LogP contribution in [-0.2, 0) is 14.3 Å². The topological polar surface area (TPSA) is 49.9 Å². The Balaban J connectivity index is 1.77. The van der Waals surface area contributed by atoms with Crippen LogP contribution in [0.25, 0.3) is 0 Å². The average Bonchev–Trinajstić information content (AvgIpc) is 2.89. The fourth-order valence-corrected chi connectivity index (χ4v) is 2.67. The van der Waals surface area contributed by atoms with Gasteiger partial charge in [0.2, 0.25) is 5.91 Å². The van der Waals surface area contributed by atoms with Gasteiger partial charge in [-0.15, -0.1) is 12.3 Å². The monoisotopic (exact) mass is 284 g/mol. The molecule has 1 aromatic rings. The van der Waals surface area contributed by atoms with E-state index in [-0.39, 0.29) is 24.3 Å². The van der Waals surface area contributed by atoms with Crippen molar-refractivity contribution < 1.29 is 14.3 Å². The first-order valence-electron chi connectivity index (χ1n) is 6.93. The van der Waals surface area contributed by atoms with Crippen LogP contribution in [0.4, 0.5) is 11.4 Å². The molecule has 2 aliphatic rings. The largest absolute Gasteiger partial charge is 0.370 e. The summed E-state index contributed by atoms with van der Waals surface area (Å²) in [4.78, 5) is 27.1. The van der Waals surface area contributed by atoms with Gasteiger partial charge in [-0.2, -0.15) is 0 Å². The lowest BCUT2D eigenvalue weighted by Crippen LogP contribution is -2.41. The maximum atomic E-state index is 11.9. The summed E-state index contributed by atoms with van der Waals surface area (Å²) in [5.41, 5.74) is 1.65. The minimum Gasteiger partial charge on any atom is -0.370 e. The molecule has 5 heteroatoms. The van der Waals surface area contributed by atoms with Crippen molar-refractivity contribution in [3.63, 3.8) is 0 Å². The zero-order chi connectivity index (χ0) is 14.8. The van der Waals surface area contributed by atoms with Crippen molar-refractivity contribution in [1.29, 1.82) is 0 Å². The van der Waals surface area contributed by atoms with Gasteiger partial charge in [0.15, 0.2) is 0 Å². The number of carbonyl (C=O) groups is 2. The molecule has 0 N–H and O–H groups in total. The normalized spacial score (nSPS) is 22.5. The molecule has 1 aromatic carbocycles. The van der Waals surface area contributed by atoms with Gasteiger partial charge in [0.1, 0.15) is 6.61 Å². The van der Waals surface area contributed by atoms with Crippen molar-refractivity contribution in [2.45, 2.75) is 6.42 Å². The van der Waals surface area contributed by atoms with E-state index in [1.807, 2.05) is 24.3 Å². The van der Waals surface area contributed by atoms with Gasteiger partial charge in [0.05, 0.1) is 6.61 Å². The summed E-state index contributed by atoms with van der Waals surface area (Å²) in [5.74, 6) is 2.62. The van der Waals surface area contributed by atoms with Gasteiger partial charge in [-0.25, -0.2) is 0 Å². The molecule has 108 valence electrons. The lowest BCUT2D eigenvalue weighted by atomic mass is 10.1. The lowest BCUT2D eigenvalue weighted by Gasteiger charge is -2.27. The SMILES string of the molecule is C#CC1CC(=O)N(c2ccc(N3CCOCC3=O)cc2)C1. The molecule has 3 rings (SSSR count). The average molecular weight is 284 g/mol. The number of hydrogen-bond donors (Lipinski definition) is 0. The fraction of sp³-hybridized carbons (Fsp3) is 0.375. The summed E-state index contributed by atoms with van der Waals surface area (Å²) in [6, 6.07) is 7.42. The standard InChI is InChI=1S/C16H16N2O3/c1-2-12-9-15(19)18(10-12)14-5-3-13(4-6-14)17-7-8-21-11-16(17)20/h1,3-6,12H,7-11H2. The summed E-state index contributed by atoms with van der Waals surface area (Å²) < 4.78 is 5.11. The molecule has 0 aromatic heterocycles. The third kappa shape index (κ3) is 2.63. The van der Waals surface area contributed by atoms with Gasteiger partial charge in [-0.3, -0.25) is 9.59 Å². The number of ether oxygens (including phenoxy) is 1. The van der Waals surface area contributed by atoms with Gasteiger partial charge in [0, 0.05) is 36.8 Å². The number of benzene rings is 1. The Labute approximate surface area is 123 Å². The van der Waals surface area contributed by atoms with Crippen LogP contribution in [0.3, 0.4) is 0 Å². The Hall–Kier alpha value is -2.32. The van der Waals surface area contributed by atoms with Crippen LogP contribution in [0.2, 0.25) is 0 Å². The van der Waals surface area contributed by atoms with Crippen molar-refractivity contribution in [3.05, 3.63) is 24.3 Å². The molecular formula is C16H16N2O3. The molecule has 21 heavy (non-hydrogen) atoms. The third-order valence-corrected chi connectivity index (χ3v) is 3.82. The number of anilines is 2. The number of terminal acetylenes is 1. The number of carbonyl (C=O) groups excluding carboxylic acids is 2. The molecular weight excluding hydrogens is 268 g/mol. The quantitative estimate of drug-likeness (QED) is 0.762. The minimum absolute atomic E-state index is 0.0157. The molecule has 0 bridgehead atoms. The number of rotatable bonds is 2. The van der Waals surface area contributed by atoms with Crippen LogP contribution in [0.1, 0.15) is 6.42 Å². The van der Waals surface area contributed by atoms with Gasteiger partial charge in [-0.1, -0.05) is 0 Å². The Bertz CT molecular complexity index is 603. The Morgan fingerprint density at radius 1 is 1.10 bits per heavy atom. The zero-order valence-electron chi connectivity index (χ0n) is 11.6. The maximum Gasteiger partial charge on any atom is 0.253 e. The third-order valence-electron chi connectivity index (χ3n) is 3.82. The molecule has 2 amide bonds. The van der Waals surface area contributed by atoms with Gasteiger partial charge in [0.25, 0.3) is 5.91 Å². The molecule has 2 aliphatic heterocycles. The first kappa shape index (κ1) is 13.7. The second-order valence-electron chi connectivity index (χ2n) is 5.19. The van der Waals surface area contributed by atoms with Gasteiger partial charge >= 0.3 is 0 Å². The van der Waals surface area contributed by atoms with Crippen LogP contribution in [-0.4, -0.2) is 38.1 Å². The number of amides is 2. The summed E-state index contributed by atoms with van der Waals surface area (Å²) in [6.07, 6.45) is 5.79. The van der Waals surface area contributed by atoms with Crippen LogP contribution < -0.4 is 9.80 Å². The van der Waals surface area contributed by atoms with E-state index in [4.69, 9.17) is 11.2 Å². The molecule has 0 radical (unpaired) electrons. The van der Waals surface area contributed by atoms with Crippen molar-refractivity contribution in [3.8, 4) is 12.3 Å². The molecule has 5 nitrogen and oxygen atoms in total. The van der Waals surface area contributed by atoms with Crippen LogP contribution >= 0.6 is 0 Å². The van der Waals surface area contributed by atoms with E-state index < -0.39 is 0 Å². The van der Waals surface area contributed by atoms with Crippen molar-refractivity contribution in [2.24, 2.45) is 5.92 Å². The minimum atomic E-state index is -0.0429. The summed E-state index contributed by atoms with van der Waals surface area (Å²) in [5, 5.41) is 0. The Morgan fingerprint density at radius 3 is 2.33 bits per heavy atom. The highest BCUT2D eigenvalue weighted by Crippen LogP contribution is 2.27. The maximum absolute atomic E-state index is 11.9. The van der Waals surface area contributed by atoms with E-state index in [2.05, 4.69) is 5.92 Å². The van der Waals surface area contributed by atoms with E-state index >= 15 is 0 Å². The first-order valence-corrected chi connectivity index (χ1v) is 6.93. The molecule has 2 saturated heterocycles. The number of hydrogen-bond acceptors (Lipinski definition) is 3. The van der Waals surface area contributed by atoms with E-state index in [0.717, 1.165) is 11.4 Å². The molecule has 0 saturated carbocycles.